The van der Waals surface area contributed by atoms with Crippen LogP contribution in [0, 0.1) is 11.3 Å². The molecule has 2 aromatic heterocycles. The van der Waals surface area contributed by atoms with E-state index in [0.717, 1.165) is 16.0 Å². The SMILES string of the molecule is CCC(C(=O)Nc1nc2ccc(OC)cc2s1)n1c(N)nnc1SCC#N. The number of nitriles is 1. The van der Waals surface area contributed by atoms with E-state index in [9.17, 15) is 4.79 Å². The lowest BCUT2D eigenvalue weighted by molar-refractivity contribution is -0.119. The number of benzene rings is 1. The fraction of sp³-hybridized carbons (Fsp3) is 0.312. The maximum atomic E-state index is 12.8. The molecular formula is C16H17N7O2S2. The first-order valence-electron chi connectivity index (χ1n) is 8.03. The first-order valence-corrected chi connectivity index (χ1v) is 9.83. The number of hydrogen-bond acceptors (Lipinski definition) is 9. The summed E-state index contributed by atoms with van der Waals surface area (Å²) >= 11 is 2.54. The third kappa shape index (κ3) is 3.96. The first kappa shape index (κ1) is 18.9. The number of thiazole rings is 1. The molecule has 0 aliphatic carbocycles. The van der Waals surface area contributed by atoms with Crippen molar-refractivity contribution in [2.75, 3.05) is 23.9 Å². The van der Waals surface area contributed by atoms with Crippen molar-refractivity contribution in [1.29, 1.82) is 5.26 Å². The molecule has 1 amide bonds. The number of rotatable bonds is 7. The van der Waals surface area contributed by atoms with E-state index in [0.29, 0.717) is 16.7 Å². The summed E-state index contributed by atoms with van der Waals surface area (Å²) in [5.41, 5.74) is 6.68. The van der Waals surface area contributed by atoms with Crippen LogP contribution in [0.25, 0.3) is 10.2 Å². The number of ether oxygens (including phenoxy) is 1. The molecule has 0 aliphatic heterocycles. The van der Waals surface area contributed by atoms with Crippen molar-refractivity contribution >= 4 is 50.3 Å². The van der Waals surface area contributed by atoms with Crippen LogP contribution >= 0.6 is 23.1 Å². The predicted molar refractivity (Wildman–Crippen MR) is 105 cm³/mol. The highest BCUT2D eigenvalue weighted by molar-refractivity contribution is 7.99. The molecule has 2 heterocycles. The topological polar surface area (TPSA) is 132 Å². The zero-order valence-corrected chi connectivity index (χ0v) is 16.3. The van der Waals surface area contributed by atoms with Gasteiger partial charge in [0.1, 0.15) is 11.8 Å². The molecule has 0 bridgehead atoms. The molecule has 3 rings (SSSR count). The van der Waals surface area contributed by atoms with E-state index in [2.05, 4.69) is 20.5 Å². The van der Waals surface area contributed by atoms with Crippen molar-refractivity contribution in [3.63, 3.8) is 0 Å². The smallest absolute Gasteiger partial charge is 0.249 e. The van der Waals surface area contributed by atoms with Gasteiger partial charge in [0.25, 0.3) is 0 Å². The van der Waals surface area contributed by atoms with Crippen LogP contribution in [-0.2, 0) is 4.79 Å². The molecule has 1 unspecified atom stereocenters. The Kier molecular flexibility index (Phi) is 5.78. The van der Waals surface area contributed by atoms with Gasteiger partial charge < -0.3 is 15.8 Å². The van der Waals surface area contributed by atoms with E-state index >= 15 is 0 Å². The molecule has 9 nitrogen and oxygen atoms in total. The van der Waals surface area contributed by atoms with Crippen molar-refractivity contribution < 1.29 is 9.53 Å². The van der Waals surface area contributed by atoms with Crippen LogP contribution < -0.4 is 15.8 Å². The molecule has 1 atom stereocenters. The fourth-order valence-electron chi connectivity index (χ4n) is 2.54. The first-order chi connectivity index (χ1) is 13.1. The molecule has 1 aromatic carbocycles. The highest BCUT2D eigenvalue weighted by atomic mass is 32.2. The molecule has 3 aromatic rings. The van der Waals surface area contributed by atoms with Gasteiger partial charge in [0.2, 0.25) is 11.9 Å². The number of nitrogen functional groups attached to an aromatic ring is 1. The quantitative estimate of drug-likeness (QED) is 0.576. The third-order valence-corrected chi connectivity index (χ3v) is 5.53. The number of nitrogens with two attached hydrogens (primary N) is 1. The molecule has 0 radical (unpaired) electrons. The number of anilines is 2. The second-order valence-electron chi connectivity index (χ2n) is 5.42. The van der Waals surface area contributed by atoms with Crippen molar-refractivity contribution in [3.05, 3.63) is 18.2 Å². The number of carbonyl (C=O) groups is 1. The van der Waals surface area contributed by atoms with E-state index < -0.39 is 6.04 Å². The van der Waals surface area contributed by atoms with Crippen LogP contribution in [-0.4, -0.2) is 38.5 Å². The summed E-state index contributed by atoms with van der Waals surface area (Å²) in [4.78, 5) is 17.3. The molecule has 140 valence electrons. The average molecular weight is 403 g/mol. The van der Waals surface area contributed by atoms with E-state index in [4.69, 9.17) is 15.7 Å². The van der Waals surface area contributed by atoms with Crippen LogP contribution in [0.4, 0.5) is 11.1 Å². The summed E-state index contributed by atoms with van der Waals surface area (Å²) in [5, 5.41) is 20.3. The highest BCUT2D eigenvalue weighted by Gasteiger charge is 2.25. The summed E-state index contributed by atoms with van der Waals surface area (Å²) in [6.07, 6.45) is 0.479. The van der Waals surface area contributed by atoms with Crippen molar-refractivity contribution in [2.45, 2.75) is 24.5 Å². The van der Waals surface area contributed by atoms with Crippen molar-refractivity contribution in [3.8, 4) is 11.8 Å². The standard InChI is InChI=1S/C16H17N7O2S2/c1-3-11(23-14(18)21-22-16(23)26-7-6-17)13(24)20-15-19-10-5-4-9(25-2)8-12(10)27-15/h4-5,8,11H,3,7H2,1-2H3,(H2,18,21)(H,19,20,24). The Bertz CT molecular complexity index is 1010. The van der Waals surface area contributed by atoms with E-state index in [1.807, 2.05) is 31.2 Å². The third-order valence-electron chi connectivity index (χ3n) is 3.78. The van der Waals surface area contributed by atoms with Crippen LogP contribution in [0.5, 0.6) is 5.75 Å². The van der Waals surface area contributed by atoms with E-state index in [1.165, 1.54) is 23.1 Å². The van der Waals surface area contributed by atoms with E-state index in [1.54, 1.807) is 11.7 Å². The van der Waals surface area contributed by atoms with Crippen molar-refractivity contribution in [1.82, 2.24) is 19.7 Å². The summed E-state index contributed by atoms with van der Waals surface area (Å²) in [7, 11) is 1.60. The minimum atomic E-state index is -0.609. The highest BCUT2D eigenvalue weighted by Crippen LogP contribution is 2.31. The molecule has 0 fully saturated rings. The van der Waals surface area contributed by atoms with Crippen LogP contribution in [0.1, 0.15) is 19.4 Å². The number of amides is 1. The minimum absolute atomic E-state index is 0.131. The van der Waals surface area contributed by atoms with Gasteiger partial charge in [-0.2, -0.15) is 5.26 Å². The Hall–Kier alpha value is -2.84. The average Bonchev–Trinajstić information content (AvgIpc) is 3.23. The van der Waals surface area contributed by atoms with Gasteiger partial charge in [0.05, 0.1) is 29.1 Å². The lowest BCUT2D eigenvalue weighted by atomic mass is 10.2. The maximum absolute atomic E-state index is 12.8. The molecule has 0 saturated heterocycles. The van der Waals surface area contributed by atoms with Crippen LogP contribution in [0.15, 0.2) is 23.4 Å². The Morgan fingerprint density at radius 3 is 3.04 bits per heavy atom. The van der Waals surface area contributed by atoms with Gasteiger partial charge in [-0.3, -0.25) is 9.36 Å². The monoisotopic (exact) mass is 403 g/mol. The number of nitrogens with one attached hydrogen (secondary N) is 1. The number of hydrogen-bond donors (Lipinski definition) is 2. The molecule has 3 N–H and O–H groups in total. The number of methoxy groups -OCH3 is 1. The number of nitrogens with zero attached hydrogens (tertiary/aromatic N) is 5. The number of aromatic nitrogens is 4. The minimum Gasteiger partial charge on any atom is -0.497 e. The number of thioether (sulfide) groups is 1. The van der Waals surface area contributed by atoms with Gasteiger partial charge in [-0.15, -0.1) is 10.2 Å². The van der Waals surface area contributed by atoms with Gasteiger partial charge >= 0.3 is 0 Å². The summed E-state index contributed by atoms with van der Waals surface area (Å²) in [6.45, 7) is 1.87. The van der Waals surface area contributed by atoms with Gasteiger partial charge in [-0.25, -0.2) is 4.98 Å². The number of fused-ring (bicyclic) bond motifs is 1. The molecule has 0 aliphatic rings. The second-order valence-corrected chi connectivity index (χ2v) is 7.40. The Labute approximate surface area is 163 Å². The Morgan fingerprint density at radius 2 is 2.33 bits per heavy atom. The number of carbonyl (C=O) groups excluding carboxylic acids is 1. The zero-order valence-electron chi connectivity index (χ0n) is 14.7. The van der Waals surface area contributed by atoms with Crippen LogP contribution in [0.2, 0.25) is 0 Å². The normalized spacial score (nSPS) is 11.9. The second kappa shape index (κ2) is 8.24. The largest absolute Gasteiger partial charge is 0.497 e. The maximum Gasteiger partial charge on any atom is 0.249 e. The summed E-state index contributed by atoms with van der Waals surface area (Å²) in [6, 6.07) is 6.94. The Balaban J connectivity index is 1.84. The van der Waals surface area contributed by atoms with Crippen LogP contribution in [0.3, 0.4) is 0 Å². The molecular weight excluding hydrogens is 386 g/mol. The van der Waals surface area contributed by atoms with Gasteiger partial charge in [0, 0.05) is 0 Å². The molecule has 0 saturated carbocycles. The molecule has 0 spiro atoms. The lowest BCUT2D eigenvalue weighted by Crippen LogP contribution is -2.27. The van der Waals surface area contributed by atoms with Gasteiger partial charge in [-0.05, 0) is 24.6 Å². The summed E-state index contributed by atoms with van der Waals surface area (Å²) < 4.78 is 7.67. The van der Waals surface area contributed by atoms with Crippen molar-refractivity contribution in [2.24, 2.45) is 0 Å². The lowest BCUT2D eigenvalue weighted by Gasteiger charge is -2.17. The Morgan fingerprint density at radius 1 is 1.52 bits per heavy atom. The van der Waals surface area contributed by atoms with Gasteiger partial charge in [-0.1, -0.05) is 30.0 Å². The zero-order chi connectivity index (χ0) is 19.4. The van der Waals surface area contributed by atoms with E-state index in [-0.39, 0.29) is 17.6 Å². The van der Waals surface area contributed by atoms with Gasteiger partial charge in [0.15, 0.2) is 10.3 Å². The predicted octanol–water partition coefficient (Wildman–Crippen LogP) is 2.68. The fourth-order valence-corrected chi connectivity index (χ4v) is 4.09. The molecule has 11 heteroatoms. The summed E-state index contributed by atoms with van der Waals surface area (Å²) in [5.74, 6) is 0.780. The molecule has 27 heavy (non-hydrogen) atoms.